The molecule has 4 aromatic rings. The number of H-pyrrole nitrogens is 1. The van der Waals surface area contributed by atoms with Gasteiger partial charge in [-0.15, -0.1) is 0 Å². The molecule has 8 nitrogen and oxygen atoms in total. The summed E-state index contributed by atoms with van der Waals surface area (Å²) in [5.41, 5.74) is 2.79. The highest BCUT2D eigenvalue weighted by Crippen LogP contribution is 2.22. The van der Waals surface area contributed by atoms with E-state index in [0.717, 1.165) is 6.07 Å². The minimum Gasteiger partial charge on any atom is -0.333 e. The van der Waals surface area contributed by atoms with Crippen molar-refractivity contribution in [3.05, 3.63) is 53.4 Å². The van der Waals surface area contributed by atoms with Crippen molar-refractivity contribution < 1.29 is 9.18 Å². The molecule has 2 N–H and O–H groups in total. The minimum absolute atomic E-state index is 0.0992. The first-order valence-electron chi connectivity index (χ1n) is 8.21. The first-order chi connectivity index (χ1) is 12.9. The Hall–Kier alpha value is -3.62. The largest absolute Gasteiger partial charge is 0.333 e. The number of hydrogen-bond donors (Lipinski definition) is 2. The Morgan fingerprint density at radius 1 is 1.19 bits per heavy atom. The van der Waals surface area contributed by atoms with Gasteiger partial charge in [0.2, 0.25) is 0 Å². The molecule has 0 aliphatic rings. The van der Waals surface area contributed by atoms with Crippen LogP contribution in [0.15, 0.2) is 30.6 Å². The van der Waals surface area contributed by atoms with Gasteiger partial charge in [0.25, 0.3) is 5.91 Å². The predicted octanol–water partition coefficient (Wildman–Crippen LogP) is 2.76. The summed E-state index contributed by atoms with van der Waals surface area (Å²) in [7, 11) is 1.85. The molecule has 0 unspecified atom stereocenters. The lowest BCUT2D eigenvalue weighted by Crippen LogP contribution is -2.14. The van der Waals surface area contributed by atoms with Crippen molar-refractivity contribution >= 4 is 22.8 Å². The SMILES string of the molecule is Cc1nc2cc(F)cc(C(=O)Nc3cc(-c4nccn4C)[nH]n3)c2nc1C. The van der Waals surface area contributed by atoms with Gasteiger partial charge in [0.05, 0.1) is 22.5 Å². The minimum atomic E-state index is -0.555. The molecule has 4 rings (SSSR count). The molecule has 0 saturated heterocycles. The number of carbonyl (C=O) groups excluding carboxylic acids is 1. The summed E-state index contributed by atoms with van der Waals surface area (Å²) in [5, 5.41) is 9.55. The zero-order valence-electron chi connectivity index (χ0n) is 14.9. The number of aryl methyl sites for hydroxylation is 3. The molecule has 0 atom stereocenters. The van der Waals surface area contributed by atoms with Gasteiger partial charge in [-0.25, -0.2) is 19.3 Å². The first kappa shape index (κ1) is 16.8. The molecule has 136 valence electrons. The van der Waals surface area contributed by atoms with Gasteiger partial charge in [0, 0.05) is 31.6 Å². The van der Waals surface area contributed by atoms with Crippen LogP contribution in [0.4, 0.5) is 10.2 Å². The van der Waals surface area contributed by atoms with Crippen molar-refractivity contribution in [3.8, 4) is 11.5 Å². The average Bonchev–Trinajstić information content (AvgIpc) is 3.24. The van der Waals surface area contributed by atoms with Crippen molar-refractivity contribution in [1.29, 1.82) is 0 Å². The van der Waals surface area contributed by atoms with Crippen LogP contribution in [0.5, 0.6) is 0 Å². The molecule has 1 amide bonds. The van der Waals surface area contributed by atoms with E-state index in [1.807, 2.05) is 11.6 Å². The molecule has 0 saturated carbocycles. The Kier molecular flexibility index (Phi) is 3.91. The number of aromatic amines is 1. The Morgan fingerprint density at radius 3 is 2.70 bits per heavy atom. The number of hydrogen-bond acceptors (Lipinski definition) is 5. The van der Waals surface area contributed by atoms with Crippen LogP contribution in [0.2, 0.25) is 0 Å². The maximum atomic E-state index is 14.0. The van der Waals surface area contributed by atoms with E-state index < -0.39 is 11.7 Å². The highest BCUT2D eigenvalue weighted by atomic mass is 19.1. The second-order valence-electron chi connectivity index (χ2n) is 6.20. The Morgan fingerprint density at radius 2 is 1.96 bits per heavy atom. The summed E-state index contributed by atoms with van der Waals surface area (Å²) in [4.78, 5) is 25.7. The van der Waals surface area contributed by atoms with Gasteiger partial charge in [-0.1, -0.05) is 0 Å². The molecule has 1 aromatic carbocycles. The number of amides is 1. The van der Waals surface area contributed by atoms with E-state index in [1.54, 1.807) is 32.3 Å². The monoisotopic (exact) mass is 365 g/mol. The van der Waals surface area contributed by atoms with Crippen LogP contribution in [0.25, 0.3) is 22.6 Å². The quantitative estimate of drug-likeness (QED) is 0.581. The summed E-state index contributed by atoms with van der Waals surface area (Å²) in [5.74, 6) is -0.0979. The molecule has 0 spiro atoms. The number of imidazole rings is 1. The lowest BCUT2D eigenvalue weighted by molar-refractivity contribution is 0.102. The van der Waals surface area contributed by atoms with Crippen LogP contribution >= 0.6 is 0 Å². The van der Waals surface area contributed by atoms with Gasteiger partial charge in [-0.05, 0) is 19.9 Å². The van der Waals surface area contributed by atoms with E-state index in [-0.39, 0.29) is 5.56 Å². The normalized spacial score (nSPS) is 11.1. The standard InChI is InChI=1S/C18H16FN7O/c1-9-10(2)22-16-12(6-11(19)7-13(16)21-9)18(27)23-15-8-14(24-25-15)17-20-4-5-26(17)3/h4-8H,1-3H3,(H2,23,24,25,27). The summed E-state index contributed by atoms with van der Waals surface area (Å²) in [6, 6.07) is 4.06. The van der Waals surface area contributed by atoms with E-state index in [2.05, 4.69) is 30.5 Å². The summed E-state index contributed by atoms with van der Waals surface area (Å²) < 4.78 is 15.8. The van der Waals surface area contributed by atoms with Gasteiger partial charge >= 0.3 is 0 Å². The molecule has 27 heavy (non-hydrogen) atoms. The van der Waals surface area contributed by atoms with Gasteiger partial charge in [0.1, 0.15) is 17.0 Å². The second-order valence-corrected chi connectivity index (χ2v) is 6.20. The third kappa shape index (κ3) is 3.03. The zero-order chi connectivity index (χ0) is 19.1. The number of aromatic nitrogens is 6. The molecular weight excluding hydrogens is 349 g/mol. The smallest absolute Gasteiger partial charge is 0.259 e. The molecular formula is C18H16FN7O. The molecule has 9 heteroatoms. The van der Waals surface area contributed by atoms with Crippen LogP contribution in [-0.2, 0) is 7.05 Å². The van der Waals surface area contributed by atoms with Crippen molar-refractivity contribution in [1.82, 2.24) is 29.7 Å². The fourth-order valence-electron chi connectivity index (χ4n) is 2.78. The zero-order valence-corrected chi connectivity index (χ0v) is 14.9. The number of nitrogens with zero attached hydrogens (tertiary/aromatic N) is 5. The van der Waals surface area contributed by atoms with E-state index in [0.29, 0.717) is 39.8 Å². The Balaban J connectivity index is 1.69. The third-order valence-electron chi connectivity index (χ3n) is 4.27. The summed E-state index contributed by atoms with van der Waals surface area (Å²) in [6.45, 7) is 3.58. The van der Waals surface area contributed by atoms with Gasteiger partial charge in [0.15, 0.2) is 11.6 Å². The maximum Gasteiger partial charge on any atom is 0.259 e. The molecule has 0 aliphatic heterocycles. The highest BCUT2D eigenvalue weighted by molar-refractivity contribution is 6.11. The maximum absolute atomic E-state index is 14.0. The highest BCUT2D eigenvalue weighted by Gasteiger charge is 2.17. The average molecular weight is 365 g/mol. The lowest BCUT2D eigenvalue weighted by atomic mass is 10.1. The van der Waals surface area contributed by atoms with Crippen LogP contribution in [0.3, 0.4) is 0 Å². The molecule has 0 fully saturated rings. The number of fused-ring (bicyclic) bond motifs is 1. The van der Waals surface area contributed by atoms with Gasteiger partial charge in [-0.3, -0.25) is 9.89 Å². The van der Waals surface area contributed by atoms with E-state index >= 15 is 0 Å². The topological polar surface area (TPSA) is 101 Å². The number of benzene rings is 1. The molecule has 3 aromatic heterocycles. The summed E-state index contributed by atoms with van der Waals surface area (Å²) in [6.07, 6.45) is 3.46. The van der Waals surface area contributed by atoms with Gasteiger partial charge in [-0.2, -0.15) is 5.10 Å². The van der Waals surface area contributed by atoms with Crippen LogP contribution in [0, 0.1) is 19.7 Å². The number of nitrogens with one attached hydrogen (secondary N) is 2. The first-order valence-corrected chi connectivity index (χ1v) is 8.21. The number of anilines is 1. The van der Waals surface area contributed by atoms with Crippen molar-refractivity contribution in [3.63, 3.8) is 0 Å². The van der Waals surface area contributed by atoms with Crippen LogP contribution in [0.1, 0.15) is 21.7 Å². The van der Waals surface area contributed by atoms with Crippen LogP contribution < -0.4 is 5.32 Å². The number of rotatable bonds is 3. The lowest BCUT2D eigenvalue weighted by Gasteiger charge is -2.08. The van der Waals surface area contributed by atoms with Crippen molar-refractivity contribution in [2.45, 2.75) is 13.8 Å². The van der Waals surface area contributed by atoms with Crippen molar-refractivity contribution in [2.24, 2.45) is 7.05 Å². The number of carbonyl (C=O) groups is 1. The van der Waals surface area contributed by atoms with Crippen LogP contribution in [-0.4, -0.2) is 35.6 Å². The fraction of sp³-hybridized carbons (Fsp3) is 0.167. The molecule has 0 radical (unpaired) electrons. The third-order valence-corrected chi connectivity index (χ3v) is 4.27. The van der Waals surface area contributed by atoms with E-state index in [9.17, 15) is 9.18 Å². The predicted molar refractivity (Wildman–Crippen MR) is 97.7 cm³/mol. The number of halogens is 1. The second kappa shape index (κ2) is 6.27. The molecule has 0 bridgehead atoms. The van der Waals surface area contributed by atoms with Gasteiger partial charge < -0.3 is 9.88 Å². The van der Waals surface area contributed by atoms with E-state index in [1.165, 1.54) is 6.07 Å². The fourth-order valence-corrected chi connectivity index (χ4v) is 2.78. The van der Waals surface area contributed by atoms with E-state index in [4.69, 9.17) is 0 Å². The van der Waals surface area contributed by atoms with Crippen molar-refractivity contribution in [2.75, 3.05) is 5.32 Å². The Bertz CT molecular complexity index is 1180. The molecule has 0 aliphatic carbocycles. The molecule has 3 heterocycles. The summed E-state index contributed by atoms with van der Waals surface area (Å²) >= 11 is 0. The Labute approximate surface area is 153 Å².